The average molecular weight is 324 g/mol. The summed E-state index contributed by atoms with van der Waals surface area (Å²) in [7, 11) is 0. The van der Waals surface area contributed by atoms with Crippen LogP contribution < -0.4 is 0 Å². The number of hydrogen-bond acceptors (Lipinski definition) is 6. The number of amides is 1. The van der Waals surface area contributed by atoms with Gasteiger partial charge in [0.15, 0.2) is 12.1 Å². The summed E-state index contributed by atoms with van der Waals surface area (Å²) in [6.45, 7) is 10.1. The highest BCUT2D eigenvalue weighted by Crippen LogP contribution is 2.22. The lowest BCUT2D eigenvalue weighted by Gasteiger charge is -2.24. The molecule has 1 aliphatic rings. The summed E-state index contributed by atoms with van der Waals surface area (Å²) in [5.41, 5.74) is -0.339. The second kappa shape index (κ2) is 6.60. The molecule has 0 unspecified atom stereocenters. The number of likely N-dealkylation sites (tertiary alicyclic amines) is 1. The molecule has 23 heavy (non-hydrogen) atoms. The van der Waals surface area contributed by atoms with Crippen LogP contribution in [0.4, 0.5) is 4.79 Å². The molecule has 0 aliphatic carbocycles. The first-order valence-corrected chi connectivity index (χ1v) is 7.79. The fraction of sp³-hybridized carbons (Fsp3) is 0.688. The summed E-state index contributed by atoms with van der Waals surface area (Å²) in [6, 6.07) is 0. The van der Waals surface area contributed by atoms with E-state index in [4.69, 9.17) is 13.9 Å². The number of rotatable bonds is 3. The summed E-state index contributed by atoms with van der Waals surface area (Å²) in [6.07, 6.45) is 1.08. The van der Waals surface area contributed by atoms with Crippen molar-refractivity contribution < 1.29 is 23.5 Å². The smallest absolute Gasteiger partial charge is 0.410 e. The molecule has 1 saturated heterocycles. The minimum Gasteiger partial charge on any atom is -0.456 e. The third-order valence-corrected chi connectivity index (χ3v) is 3.38. The molecule has 0 spiro atoms. The molecule has 0 aromatic carbocycles. The molecule has 128 valence electrons. The summed E-state index contributed by atoms with van der Waals surface area (Å²) >= 11 is 0. The highest BCUT2D eigenvalue weighted by atomic mass is 16.6. The number of hydrogen-bond donors (Lipinski definition) is 0. The third kappa shape index (κ3) is 4.46. The maximum atomic E-state index is 12.2. The van der Waals surface area contributed by atoms with Crippen LogP contribution in [0.2, 0.25) is 0 Å². The van der Waals surface area contributed by atoms with Gasteiger partial charge in [-0.2, -0.15) is 0 Å². The van der Waals surface area contributed by atoms with Crippen molar-refractivity contribution in [2.24, 2.45) is 0 Å². The Morgan fingerprint density at radius 2 is 2.09 bits per heavy atom. The first kappa shape index (κ1) is 17.3. The molecule has 0 bridgehead atoms. The van der Waals surface area contributed by atoms with E-state index in [2.05, 4.69) is 4.98 Å². The van der Waals surface area contributed by atoms with Crippen LogP contribution >= 0.6 is 0 Å². The summed E-state index contributed by atoms with van der Waals surface area (Å²) in [4.78, 5) is 29.7. The van der Waals surface area contributed by atoms with Gasteiger partial charge in [0.25, 0.3) is 0 Å². The van der Waals surface area contributed by atoms with E-state index in [0.29, 0.717) is 25.3 Å². The maximum Gasteiger partial charge on any atom is 0.410 e. The van der Waals surface area contributed by atoms with Crippen molar-refractivity contribution in [3.8, 4) is 0 Å². The van der Waals surface area contributed by atoms with Gasteiger partial charge in [-0.05, 0) is 20.8 Å². The van der Waals surface area contributed by atoms with Gasteiger partial charge in [0.1, 0.15) is 17.5 Å². The molecule has 0 radical (unpaired) electrons. The average Bonchev–Trinajstić information content (AvgIpc) is 3.04. The number of carbonyl (C=O) groups excluding carboxylic acids is 2. The second-order valence-corrected chi connectivity index (χ2v) is 6.96. The van der Waals surface area contributed by atoms with Crippen LogP contribution in [0, 0.1) is 0 Å². The van der Waals surface area contributed by atoms with Crippen LogP contribution in [0.15, 0.2) is 10.8 Å². The summed E-state index contributed by atoms with van der Waals surface area (Å²) in [5, 5.41) is 0. The van der Waals surface area contributed by atoms with E-state index >= 15 is 0 Å². The Morgan fingerprint density at radius 3 is 2.70 bits per heavy atom. The van der Waals surface area contributed by atoms with E-state index in [1.54, 1.807) is 4.90 Å². The van der Waals surface area contributed by atoms with Gasteiger partial charge < -0.3 is 18.8 Å². The Kier molecular flexibility index (Phi) is 4.97. The van der Waals surface area contributed by atoms with Crippen molar-refractivity contribution in [2.75, 3.05) is 13.1 Å². The zero-order chi connectivity index (χ0) is 17.2. The molecular formula is C16H24N2O5. The molecule has 1 aromatic heterocycles. The highest BCUT2D eigenvalue weighted by Gasteiger charge is 2.33. The first-order chi connectivity index (χ1) is 10.7. The van der Waals surface area contributed by atoms with Crippen molar-refractivity contribution in [1.82, 2.24) is 9.88 Å². The molecule has 2 heterocycles. The predicted molar refractivity (Wildman–Crippen MR) is 82.2 cm³/mol. The summed E-state index contributed by atoms with van der Waals surface area (Å²) in [5.74, 6) is 0.0392. The van der Waals surface area contributed by atoms with E-state index in [-0.39, 0.29) is 23.8 Å². The zero-order valence-electron chi connectivity index (χ0n) is 14.3. The second-order valence-electron chi connectivity index (χ2n) is 6.96. The molecule has 1 amide bonds. The Labute approximate surface area is 135 Å². The van der Waals surface area contributed by atoms with Crippen LogP contribution in [-0.2, 0) is 9.47 Å². The number of carbonyl (C=O) groups is 2. The fourth-order valence-electron chi connectivity index (χ4n) is 2.34. The topological polar surface area (TPSA) is 81.9 Å². The van der Waals surface area contributed by atoms with Crippen molar-refractivity contribution in [1.29, 1.82) is 0 Å². The molecule has 7 heteroatoms. The Hall–Kier alpha value is -2.05. The Bertz CT molecular complexity index is 573. The maximum absolute atomic E-state index is 12.2. The molecule has 1 aromatic rings. The first-order valence-electron chi connectivity index (χ1n) is 7.79. The lowest BCUT2D eigenvalue weighted by Crippen LogP contribution is -2.36. The molecule has 7 nitrogen and oxygen atoms in total. The number of oxazole rings is 1. The van der Waals surface area contributed by atoms with E-state index < -0.39 is 11.6 Å². The molecule has 0 N–H and O–H groups in total. The van der Waals surface area contributed by atoms with Crippen molar-refractivity contribution in [2.45, 2.75) is 58.7 Å². The SMILES string of the molecule is CC(C)c1ocnc1C(=O)O[C@H]1CCN(C(=O)OC(C)(C)C)C1. The van der Waals surface area contributed by atoms with Gasteiger partial charge in [-0.15, -0.1) is 0 Å². The number of esters is 1. The Balaban J connectivity index is 1.91. The number of ether oxygens (including phenoxy) is 2. The van der Waals surface area contributed by atoms with E-state index in [1.165, 1.54) is 6.39 Å². The van der Waals surface area contributed by atoms with Gasteiger partial charge in [0.2, 0.25) is 0 Å². The fourth-order valence-corrected chi connectivity index (χ4v) is 2.34. The number of nitrogens with zero attached hydrogens (tertiary/aromatic N) is 2. The lowest BCUT2D eigenvalue weighted by molar-refractivity contribution is 0.0187. The third-order valence-electron chi connectivity index (χ3n) is 3.38. The van der Waals surface area contributed by atoms with Crippen LogP contribution in [0.3, 0.4) is 0 Å². The largest absolute Gasteiger partial charge is 0.456 e. The standard InChI is InChI=1S/C16H24N2O5/c1-10(2)13-12(17-9-21-13)14(19)22-11-6-7-18(8-11)15(20)23-16(3,4)5/h9-11H,6-8H2,1-5H3/t11-/m0/s1. The van der Waals surface area contributed by atoms with Crippen LogP contribution in [0.1, 0.15) is 63.2 Å². The van der Waals surface area contributed by atoms with E-state index in [1.807, 2.05) is 34.6 Å². The van der Waals surface area contributed by atoms with Gasteiger partial charge in [-0.3, -0.25) is 0 Å². The van der Waals surface area contributed by atoms with Gasteiger partial charge >= 0.3 is 12.1 Å². The Morgan fingerprint density at radius 1 is 1.39 bits per heavy atom. The molecule has 1 fully saturated rings. The molecular weight excluding hydrogens is 300 g/mol. The van der Waals surface area contributed by atoms with Crippen molar-refractivity contribution in [3.63, 3.8) is 0 Å². The van der Waals surface area contributed by atoms with Gasteiger partial charge in [-0.25, -0.2) is 14.6 Å². The van der Waals surface area contributed by atoms with E-state index in [0.717, 1.165) is 0 Å². The molecule has 2 rings (SSSR count). The van der Waals surface area contributed by atoms with E-state index in [9.17, 15) is 9.59 Å². The zero-order valence-corrected chi connectivity index (χ0v) is 14.3. The van der Waals surface area contributed by atoms with Crippen LogP contribution in [0.5, 0.6) is 0 Å². The molecule has 1 aliphatic heterocycles. The number of aromatic nitrogens is 1. The minimum atomic E-state index is -0.543. The minimum absolute atomic E-state index is 0.0434. The van der Waals surface area contributed by atoms with Crippen LogP contribution in [0.25, 0.3) is 0 Å². The highest BCUT2D eigenvalue weighted by molar-refractivity contribution is 5.88. The van der Waals surface area contributed by atoms with Gasteiger partial charge in [0, 0.05) is 18.9 Å². The molecule has 1 atom stereocenters. The van der Waals surface area contributed by atoms with Gasteiger partial charge in [0.05, 0.1) is 6.54 Å². The van der Waals surface area contributed by atoms with Crippen LogP contribution in [-0.4, -0.2) is 46.7 Å². The molecule has 0 saturated carbocycles. The van der Waals surface area contributed by atoms with Crippen molar-refractivity contribution in [3.05, 3.63) is 17.8 Å². The predicted octanol–water partition coefficient (Wildman–Crippen LogP) is 2.96. The van der Waals surface area contributed by atoms with Gasteiger partial charge in [-0.1, -0.05) is 13.8 Å². The normalized spacial score (nSPS) is 18.3. The van der Waals surface area contributed by atoms with Crippen molar-refractivity contribution >= 4 is 12.1 Å². The lowest BCUT2D eigenvalue weighted by atomic mass is 10.1. The monoisotopic (exact) mass is 324 g/mol. The quantitative estimate of drug-likeness (QED) is 0.795. The summed E-state index contributed by atoms with van der Waals surface area (Å²) < 4.78 is 16.0.